The largest absolute Gasteiger partial charge is 0.487 e. The van der Waals surface area contributed by atoms with E-state index in [1.165, 1.54) is 0 Å². The van der Waals surface area contributed by atoms with Crippen LogP contribution in [0.1, 0.15) is 33.1 Å². The molecule has 0 aromatic heterocycles. The topological polar surface area (TPSA) is 26.3 Å². The summed E-state index contributed by atoms with van der Waals surface area (Å²) < 4.78 is 5.37. The fourth-order valence-electron chi connectivity index (χ4n) is 1.24. The highest BCUT2D eigenvalue weighted by molar-refractivity contribution is 5.80. The van der Waals surface area contributed by atoms with Gasteiger partial charge in [-0.15, -0.1) is 0 Å². The van der Waals surface area contributed by atoms with E-state index in [-0.39, 0.29) is 11.9 Å². The summed E-state index contributed by atoms with van der Waals surface area (Å²) in [6.07, 6.45) is 4.66. The van der Waals surface area contributed by atoms with E-state index in [9.17, 15) is 4.79 Å². The first-order chi connectivity index (χ1) is 5.24. The minimum atomic E-state index is -0.159. The fourth-order valence-corrected chi connectivity index (χ4v) is 1.24. The van der Waals surface area contributed by atoms with Crippen LogP contribution in [0.4, 0.5) is 0 Å². The maximum atomic E-state index is 10.8. The molecule has 1 rings (SSSR count). The lowest BCUT2D eigenvalue weighted by molar-refractivity contribution is -0.124. The van der Waals surface area contributed by atoms with Gasteiger partial charge >= 0.3 is 0 Å². The predicted octanol–water partition coefficient (Wildman–Crippen LogP) is 2.05. The third-order valence-corrected chi connectivity index (χ3v) is 1.83. The molecule has 0 aromatic carbocycles. The Morgan fingerprint density at radius 3 is 3.00 bits per heavy atom. The van der Waals surface area contributed by atoms with Gasteiger partial charge in [0.2, 0.25) is 0 Å². The van der Waals surface area contributed by atoms with E-state index in [1.807, 2.05) is 6.08 Å². The first-order valence-electron chi connectivity index (χ1n) is 4.10. The van der Waals surface area contributed by atoms with E-state index in [4.69, 9.17) is 4.74 Å². The number of hydrogen-bond acceptors (Lipinski definition) is 2. The number of rotatable bonds is 2. The Balaban J connectivity index is 2.47. The highest BCUT2D eigenvalue weighted by atomic mass is 16.5. The zero-order valence-corrected chi connectivity index (χ0v) is 7.09. The lowest BCUT2D eigenvalue weighted by Crippen LogP contribution is -2.14. The van der Waals surface area contributed by atoms with Crippen molar-refractivity contribution in [3.63, 3.8) is 0 Å². The van der Waals surface area contributed by atoms with Crippen molar-refractivity contribution in [2.75, 3.05) is 0 Å². The van der Waals surface area contributed by atoms with E-state index in [0.29, 0.717) is 0 Å². The average Bonchev–Trinajstić information content (AvgIpc) is 2.37. The van der Waals surface area contributed by atoms with Gasteiger partial charge in [-0.2, -0.15) is 0 Å². The van der Waals surface area contributed by atoms with Crippen molar-refractivity contribution in [3.05, 3.63) is 11.8 Å². The van der Waals surface area contributed by atoms with Gasteiger partial charge in [-0.05, 0) is 25.8 Å². The van der Waals surface area contributed by atoms with Crippen molar-refractivity contribution in [2.24, 2.45) is 0 Å². The molecule has 1 unspecified atom stereocenters. The van der Waals surface area contributed by atoms with Gasteiger partial charge in [0.25, 0.3) is 0 Å². The molecule has 1 fully saturated rings. The molecule has 0 N–H and O–H groups in total. The number of ketones is 1. The number of allylic oxidation sites excluding steroid dienone is 2. The van der Waals surface area contributed by atoms with E-state index in [0.717, 1.165) is 25.0 Å². The van der Waals surface area contributed by atoms with Crippen molar-refractivity contribution in [3.8, 4) is 0 Å². The van der Waals surface area contributed by atoms with Crippen LogP contribution in [-0.4, -0.2) is 11.9 Å². The third kappa shape index (κ3) is 2.07. The summed E-state index contributed by atoms with van der Waals surface area (Å²) in [7, 11) is 0. The van der Waals surface area contributed by atoms with Gasteiger partial charge < -0.3 is 4.74 Å². The third-order valence-electron chi connectivity index (χ3n) is 1.83. The molecular weight excluding hydrogens is 140 g/mol. The number of Topliss-reactive ketones (excluding diaryl/α,β-unsaturated/α-hetero) is 1. The molecule has 0 spiro atoms. The van der Waals surface area contributed by atoms with Crippen LogP contribution in [0.25, 0.3) is 0 Å². The Bertz CT molecular complexity index is 182. The highest BCUT2D eigenvalue weighted by Crippen LogP contribution is 2.23. The molecule has 0 bridgehead atoms. The highest BCUT2D eigenvalue weighted by Gasteiger charge is 2.23. The molecule has 1 saturated heterocycles. The molecule has 0 aliphatic carbocycles. The molecule has 1 aliphatic heterocycles. The van der Waals surface area contributed by atoms with E-state index >= 15 is 0 Å². The molecule has 1 aliphatic rings. The molecular formula is C9H14O2. The lowest BCUT2D eigenvalue weighted by Gasteiger charge is -2.04. The first kappa shape index (κ1) is 8.31. The van der Waals surface area contributed by atoms with Crippen molar-refractivity contribution in [1.29, 1.82) is 0 Å². The SMILES string of the molecule is CC/C=C1\CCC(C(C)=O)O1. The zero-order valence-electron chi connectivity index (χ0n) is 7.09. The van der Waals surface area contributed by atoms with Gasteiger partial charge in [0.05, 0.1) is 5.76 Å². The Morgan fingerprint density at radius 2 is 2.55 bits per heavy atom. The number of carbonyl (C=O) groups excluding carboxylic acids is 1. The molecule has 11 heavy (non-hydrogen) atoms. The van der Waals surface area contributed by atoms with Gasteiger partial charge in [-0.3, -0.25) is 4.79 Å². The second kappa shape index (κ2) is 3.56. The van der Waals surface area contributed by atoms with Crippen molar-refractivity contribution >= 4 is 5.78 Å². The minimum absolute atomic E-state index is 0.143. The predicted molar refractivity (Wildman–Crippen MR) is 43.2 cm³/mol. The van der Waals surface area contributed by atoms with E-state index < -0.39 is 0 Å². The quantitative estimate of drug-likeness (QED) is 0.608. The zero-order chi connectivity index (χ0) is 8.27. The summed E-state index contributed by atoms with van der Waals surface area (Å²) in [6.45, 7) is 3.65. The Kier molecular flexibility index (Phi) is 2.69. The Hall–Kier alpha value is -0.790. The summed E-state index contributed by atoms with van der Waals surface area (Å²) in [5.41, 5.74) is 0. The molecule has 2 heteroatoms. The standard InChI is InChI=1S/C9H14O2/c1-3-4-8-5-6-9(11-8)7(2)10/h4,9H,3,5-6H2,1-2H3/b8-4+. The van der Waals surface area contributed by atoms with Crippen molar-refractivity contribution < 1.29 is 9.53 Å². The van der Waals surface area contributed by atoms with Crippen molar-refractivity contribution in [1.82, 2.24) is 0 Å². The second-order valence-corrected chi connectivity index (χ2v) is 2.83. The lowest BCUT2D eigenvalue weighted by atomic mass is 10.2. The summed E-state index contributed by atoms with van der Waals surface area (Å²) in [5.74, 6) is 1.14. The van der Waals surface area contributed by atoms with Crippen LogP contribution in [0.3, 0.4) is 0 Å². The molecule has 0 radical (unpaired) electrons. The molecule has 62 valence electrons. The molecule has 1 heterocycles. The number of carbonyl (C=O) groups is 1. The minimum Gasteiger partial charge on any atom is -0.487 e. The van der Waals surface area contributed by atoms with Gasteiger partial charge in [0.1, 0.15) is 0 Å². The van der Waals surface area contributed by atoms with Crippen molar-refractivity contribution in [2.45, 2.75) is 39.2 Å². The smallest absolute Gasteiger partial charge is 0.170 e. The van der Waals surface area contributed by atoms with E-state index in [2.05, 4.69) is 6.92 Å². The number of hydrogen-bond donors (Lipinski definition) is 0. The van der Waals surface area contributed by atoms with Crippen LogP contribution in [0.15, 0.2) is 11.8 Å². The molecule has 0 aromatic rings. The van der Waals surface area contributed by atoms with Gasteiger partial charge in [-0.1, -0.05) is 6.92 Å². The maximum absolute atomic E-state index is 10.8. The molecule has 2 nitrogen and oxygen atoms in total. The first-order valence-corrected chi connectivity index (χ1v) is 4.10. The Morgan fingerprint density at radius 1 is 1.82 bits per heavy atom. The Labute approximate surface area is 67.2 Å². The van der Waals surface area contributed by atoms with E-state index in [1.54, 1.807) is 6.92 Å². The van der Waals surface area contributed by atoms with Gasteiger partial charge in [-0.25, -0.2) is 0 Å². The van der Waals surface area contributed by atoms with Crippen LogP contribution in [0.2, 0.25) is 0 Å². The summed E-state index contributed by atoms with van der Waals surface area (Å²) in [6, 6.07) is 0. The molecule has 1 atom stereocenters. The average molecular weight is 154 g/mol. The summed E-state index contributed by atoms with van der Waals surface area (Å²) in [5, 5.41) is 0. The van der Waals surface area contributed by atoms with Gasteiger partial charge in [0.15, 0.2) is 11.9 Å². The normalized spacial score (nSPS) is 27.1. The van der Waals surface area contributed by atoms with Crippen LogP contribution < -0.4 is 0 Å². The summed E-state index contributed by atoms with van der Waals surface area (Å²) in [4.78, 5) is 10.8. The van der Waals surface area contributed by atoms with Crippen LogP contribution in [0, 0.1) is 0 Å². The van der Waals surface area contributed by atoms with Crippen LogP contribution in [0.5, 0.6) is 0 Å². The summed E-state index contributed by atoms with van der Waals surface area (Å²) >= 11 is 0. The molecule has 0 saturated carbocycles. The number of ether oxygens (including phenoxy) is 1. The maximum Gasteiger partial charge on any atom is 0.170 e. The second-order valence-electron chi connectivity index (χ2n) is 2.83. The molecule has 0 amide bonds. The van der Waals surface area contributed by atoms with Crippen LogP contribution >= 0.6 is 0 Å². The monoisotopic (exact) mass is 154 g/mol. The van der Waals surface area contributed by atoms with Crippen LogP contribution in [-0.2, 0) is 9.53 Å². The fraction of sp³-hybridized carbons (Fsp3) is 0.667. The van der Waals surface area contributed by atoms with Gasteiger partial charge in [0, 0.05) is 6.42 Å².